The van der Waals surface area contributed by atoms with Crippen LogP contribution in [0.5, 0.6) is 0 Å². The highest BCUT2D eigenvalue weighted by Gasteiger charge is 2.35. The van der Waals surface area contributed by atoms with Gasteiger partial charge in [0.2, 0.25) is 0 Å². The molecule has 0 bridgehead atoms. The number of nitrogens with zero attached hydrogens (tertiary/aromatic N) is 1. The summed E-state index contributed by atoms with van der Waals surface area (Å²) in [5, 5.41) is 11.0. The van der Waals surface area contributed by atoms with Crippen molar-refractivity contribution in [2.75, 3.05) is 33.3 Å². The highest BCUT2D eigenvalue weighted by Crippen LogP contribution is 2.32. The van der Waals surface area contributed by atoms with Crippen LogP contribution in [-0.2, 0) is 9.53 Å². The van der Waals surface area contributed by atoms with Gasteiger partial charge in [0.15, 0.2) is 0 Å². The summed E-state index contributed by atoms with van der Waals surface area (Å²) < 4.78 is 6.51. The molecule has 1 N–H and O–H groups in total. The fourth-order valence-corrected chi connectivity index (χ4v) is 3.53. The van der Waals surface area contributed by atoms with Crippen molar-refractivity contribution in [3.63, 3.8) is 0 Å². The maximum absolute atomic E-state index is 12.9. The first-order valence-corrected chi connectivity index (χ1v) is 9.89. The van der Waals surface area contributed by atoms with Crippen LogP contribution in [0.3, 0.4) is 0 Å². The number of esters is 1. The molecule has 0 radical (unpaired) electrons. The van der Waals surface area contributed by atoms with Crippen molar-refractivity contribution in [1.82, 2.24) is 0 Å². The Balaban J connectivity index is 2.08. The third-order valence-corrected chi connectivity index (χ3v) is 5.95. The highest BCUT2D eigenvalue weighted by atomic mass is 16.5. The molecule has 26 heavy (non-hydrogen) atoms. The fourth-order valence-electron chi connectivity index (χ4n) is 3.53. The summed E-state index contributed by atoms with van der Waals surface area (Å²) in [4.78, 5) is 12.9. The standard InChI is InChI=1S/C22H34NO3/c1-4-23(3,5-2)16-17-26-22(25)20(18-12-8-6-9-13-18)21(24)19-14-10-7-11-15-19/h6-10,12-13,19-21,24H,4-5,11,14-17H2,1-3H3/q+1/t19-,20-,21+/m0/s1. The number of hydrogen-bond acceptors (Lipinski definition) is 3. The Morgan fingerprint density at radius 2 is 1.92 bits per heavy atom. The summed E-state index contributed by atoms with van der Waals surface area (Å²) in [5.74, 6) is -0.822. The zero-order valence-corrected chi connectivity index (χ0v) is 16.4. The van der Waals surface area contributed by atoms with Crippen LogP contribution in [0.25, 0.3) is 0 Å². The quantitative estimate of drug-likeness (QED) is 0.416. The van der Waals surface area contributed by atoms with E-state index in [1.165, 1.54) is 0 Å². The second kappa shape index (κ2) is 9.89. The Morgan fingerprint density at radius 1 is 1.23 bits per heavy atom. The molecule has 0 aromatic heterocycles. The smallest absolute Gasteiger partial charge is 0.316 e. The van der Waals surface area contributed by atoms with Crippen molar-refractivity contribution in [2.45, 2.75) is 45.1 Å². The van der Waals surface area contributed by atoms with Gasteiger partial charge in [-0.05, 0) is 44.6 Å². The molecule has 0 saturated heterocycles. The number of aliphatic hydroxyl groups is 1. The van der Waals surface area contributed by atoms with Gasteiger partial charge < -0.3 is 14.3 Å². The largest absolute Gasteiger partial charge is 0.459 e. The Morgan fingerprint density at radius 3 is 2.50 bits per heavy atom. The molecule has 1 aromatic carbocycles. The zero-order chi connectivity index (χ0) is 19.0. The second-order valence-corrected chi connectivity index (χ2v) is 7.57. The van der Waals surface area contributed by atoms with Crippen LogP contribution in [-0.4, -0.2) is 55.0 Å². The maximum atomic E-state index is 12.9. The molecule has 2 rings (SSSR count). The van der Waals surface area contributed by atoms with E-state index >= 15 is 0 Å². The third-order valence-electron chi connectivity index (χ3n) is 5.95. The van der Waals surface area contributed by atoms with Crippen molar-refractivity contribution in [3.05, 3.63) is 48.0 Å². The van der Waals surface area contributed by atoms with Gasteiger partial charge in [0.05, 0.1) is 26.2 Å². The van der Waals surface area contributed by atoms with E-state index in [4.69, 9.17) is 4.74 Å². The van der Waals surface area contributed by atoms with E-state index in [0.29, 0.717) is 6.61 Å². The molecule has 0 spiro atoms. The van der Waals surface area contributed by atoms with Crippen molar-refractivity contribution in [3.8, 4) is 0 Å². The predicted molar refractivity (Wildman–Crippen MR) is 105 cm³/mol. The van der Waals surface area contributed by atoms with Gasteiger partial charge >= 0.3 is 5.97 Å². The van der Waals surface area contributed by atoms with Crippen LogP contribution in [0.2, 0.25) is 0 Å². The van der Waals surface area contributed by atoms with Crippen LogP contribution in [0, 0.1) is 5.92 Å². The topological polar surface area (TPSA) is 46.5 Å². The van der Waals surface area contributed by atoms with E-state index in [1.807, 2.05) is 30.3 Å². The normalized spacial score (nSPS) is 19.8. The number of carbonyl (C=O) groups excluding carboxylic acids is 1. The molecule has 0 fully saturated rings. The van der Waals surface area contributed by atoms with E-state index in [1.54, 1.807) is 0 Å². The molecule has 144 valence electrons. The lowest BCUT2D eigenvalue weighted by atomic mass is 9.80. The van der Waals surface area contributed by atoms with E-state index in [0.717, 1.165) is 48.9 Å². The summed E-state index contributed by atoms with van der Waals surface area (Å²) in [5.41, 5.74) is 0.836. The number of benzene rings is 1. The molecule has 0 unspecified atom stereocenters. The van der Waals surface area contributed by atoms with Crippen LogP contribution >= 0.6 is 0 Å². The van der Waals surface area contributed by atoms with Crippen molar-refractivity contribution in [2.24, 2.45) is 5.92 Å². The molecular weight excluding hydrogens is 326 g/mol. The lowest BCUT2D eigenvalue weighted by Crippen LogP contribution is -2.46. The molecule has 1 aliphatic carbocycles. The van der Waals surface area contributed by atoms with Crippen molar-refractivity contribution >= 4 is 5.97 Å². The first kappa shape index (κ1) is 20.7. The minimum atomic E-state index is -0.715. The van der Waals surface area contributed by atoms with E-state index < -0.39 is 12.0 Å². The molecule has 4 nitrogen and oxygen atoms in total. The Labute approximate surface area is 158 Å². The molecule has 1 aromatic rings. The number of hydrogen-bond donors (Lipinski definition) is 1. The first-order valence-electron chi connectivity index (χ1n) is 9.89. The van der Waals surface area contributed by atoms with Gasteiger partial charge in [-0.15, -0.1) is 0 Å². The van der Waals surface area contributed by atoms with Gasteiger partial charge in [0.1, 0.15) is 19.1 Å². The van der Waals surface area contributed by atoms with Crippen molar-refractivity contribution in [1.29, 1.82) is 0 Å². The highest BCUT2D eigenvalue weighted by molar-refractivity contribution is 5.79. The Hall–Kier alpha value is -1.65. The van der Waals surface area contributed by atoms with Crippen LogP contribution in [0.15, 0.2) is 42.5 Å². The molecule has 4 heteroatoms. The third kappa shape index (κ3) is 5.42. The van der Waals surface area contributed by atoms with Crippen LogP contribution in [0.1, 0.15) is 44.6 Å². The molecule has 0 heterocycles. The van der Waals surface area contributed by atoms with Crippen LogP contribution in [0.4, 0.5) is 0 Å². The SMILES string of the molecule is CC[N+](C)(CC)CCOC(=O)[C@@H](c1ccccc1)[C@H](O)[C@H]1CC=CCC1. The zero-order valence-electron chi connectivity index (χ0n) is 16.4. The van der Waals surface area contributed by atoms with Gasteiger partial charge in [0, 0.05) is 0 Å². The lowest BCUT2D eigenvalue weighted by molar-refractivity contribution is -0.906. The molecule has 0 saturated carbocycles. The van der Waals surface area contributed by atoms with E-state index in [-0.39, 0.29) is 11.9 Å². The minimum Gasteiger partial charge on any atom is -0.459 e. The number of likely N-dealkylation sites (N-methyl/N-ethyl adjacent to an activating group) is 1. The number of ether oxygens (including phenoxy) is 1. The summed E-state index contributed by atoms with van der Waals surface area (Å²) >= 11 is 0. The maximum Gasteiger partial charge on any atom is 0.316 e. The molecule has 0 amide bonds. The summed E-state index contributed by atoms with van der Waals surface area (Å²) in [6, 6.07) is 9.56. The Bertz CT molecular complexity index is 580. The molecular formula is C22H34NO3+. The molecule has 0 aliphatic heterocycles. The first-order chi connectivity index (χ1) is 12.5. The predicted octanol–water partition coefficient (Wildman–Crippen LogP) is 3.52. The number of aliphatic hydroxyl groups excluding tert-OH is 1. The molecule has 1 aliphatic rings. The summed E-state index contributed by atoms with van der Waals surface area (Å²) in [6.45, 7) is 7.50. The van der Waals surface area contributed by atoms with Gasteiger partial charge in [-0.3, -0.25) is 4.79 Å². The fraction of sp³-hybridized carbons (Fsp3) is 0.591. The van der Waals surface area contributed by atoms with Gasteiger partial charge in [0.25, 0.3) is 0 Å². The summed E-state index contributed by atoms with van der Waals surface area (Å²) in [6.07, 6.45) is 6.23. The number of rotatable bonds is 9. The van der Waals surface area contributed by atoms with E-state index in [9.17, 15) is 9.90 Å². The van der Waals surface area contributed by atoms with Gasteiger partial charge in [-0.25, -0.2) is 0 Å². The number of carbonyl (C=O) groups is 1. The van der Waals surface area contributed by atoms with Crippen LogP contribution < -0.4 is 0 Å². The van der Waals surface area contributed by atoms with E-state index in [2.05, 4.69) is 33.0 Å². The lowest BCUT2D eigenvalue weighted by Gasteiger charge is -2.33. The molecule has 3 atom stereocenters. The number of allylic oxidation sites excluding steroid dienone is 2. The average Bonchev–Trinajstić information content (AvgIpc) is 2.69. The Kier molecular flexibility index (Phi) is 7.85. The summed E-state index contributed by atoms with van der Waals surface area (Å²) in [7, 11) is 2.17. The number of quaternary nitrogens is 1. The van der Waals surface area contributed by atoms with Crippen molar-refractivity contribution < 1.29 is 19.1 Å². The monoisotopic (exact) mass is 360 g/mol. The van der Waals surface area contributed by atoms with Gasteiger partial charge in [-0.1, -0.05) is 42.5 Å². The minimum absolute atomic E-state index is 0.102. The van der Waals surface area contributed by atoms with Gasteiger partial charge in [-0.2, -0.15) is 0 Å². The second-order valence-electron chi connectivity index (χ2n) is 7.57. The average molecular weight is 361 g/mol.